The Balaban J connectivity index is 2.69. The van der Waals surface area contributed by atoms with Gasteiger partial charge in [-0.3, -0.25) is 4.79 Å². The number of thiophene rings is 1. The number of carboxylic acid groups (broad SMARTS) is 1. The van der Waals surface area contributed by atoms with Crippen molar-refractivity contribution in [3.8, 4) is 0 Å². The molecule has 1 aromatic rings. The second kappa shape index (κ2) is 5.29. The average Bonchev–Trinajstić information content (AvgIpc) is 2.48. The highest BCUT2D eigenvalue weighted by molar-refractivity contribution is 9.11. The molecule has 90 valence electrons. The third-order valence-electron chi connectivity index (χ3n) is 1.92. The molecule has 0 aliphatic rings. The molecule has 1 rings (SSSR count). The summed E-state index contributed by atoms with van der Waals surface area (Å²) in [6.45, 7) is 1.39. The van der Waals surface area contributed by atoms with Crippen molar-refractivity contribution in [3.05, 3.63) is 20.8 Å². The molecule has 1 atom stereocenters. The zero-order chi connectivity index (χ0) is 12.3. The van der Waals surface area contributed by atoms with Gasteiger partial charge in [-0.25, -0.2) is 8.42 Å². The summed E-state index contributed by atoms with van der Waals surface area (Å²) in [6.07, 6.45) is 0. The first-order chi connectivity index (χ1) is 7.30. The van der Waals surface area contributed by atoms with Crippen LogP contribution < -0.4 is 0 Å². The minimum Gasteiger partial charge on any atom is -0.481 e. The van der Waals surface area contributed by atoms with Crippen LogP contribution in [-0.4, -0.2) is 25.2 Å². The Morgan fingerprint density at radius 2 is 2.19 bits per heavy atom. The summed E-state index contributed by atoms with van der Waals surface area (Å²) in [4.78, 5) is 11.3. The number of carbonyl (C=O) groups is 1. The van der Waals surface area contributed by atoms with Crippen LogP contribution in [0.5, 0.6) is 0 Å². The van der Waals surface area contributed by atoms with Gasteiger partial charge in [0.1, 0.15) is 0 Å². The summed E-state index contributed by atoms with van der Waals surface area (Å²) in [6, 6.07) is 3.49. The molecule has 0 radical (unpaired) electrons. The van der Waals surface area contributed by atoms with Crippen LogP contribution in [0.4, 0.5) is 0 Å². The third kappa shape index (κ3) is 4.23. The van der Waals surface area contributed by atoms with Crippen LogP contribution in [0.25, 0.3) is 0 Å². The zero-order valence-electron chi connectivity index (χ0n) is 8.51. The Labute approximate surface area is 106 Å². The van der Waals surface area contributed by atoms with Gasteiger partial charge in [0.2, 0.25) is 0 Å². The van der Waals surface area contributed by atoms with Crippen molar-refractivity contribution < 1.29 is 18.3 Å². The van der Waals surface area contributed by atoms with Crippen molar-refractivity contribution in [2.24, 2.45) is 5.92 Å². The molecule has 0 fully saturated rings. The van der Waals surface area contributed by atoms with Crippen molar-refractivity contribution >= 4 is 43.1 Å². The lowest BCUT2D eigenvalue weighted by Crippen LogP contribution is -2.21. The molecule has 16 heavy (non-hydrogen) atoms. The van der Waals surface area contributed by atoms with Crippen molar-refractivity contribution in [2.45, 2.75) is 12.7 Å². The maximum Gasteiger partial charge on any atom is 0.307 e. The molecular weight excluding hydrogens is 316 g/mol. The molecule has 1 aromatic heterocycles. The van der Waals surface area contributed by atoms with E-state index in [4.69, 9.17) is 5.11 Å². The van der Waals surface area contributed by atoms with E-state index in [-0.39, 0.29) is 11.5 Å². The summed E-state index contributed by atoms with van der Waals surface area (Å²) >= 11 is 4.58. The Hall–Kier alpha value is -0.400. The van der Waals surface area contributed by atoms with Gasteiger partial charge in [-0.1, -0.05) is 6.92 Å². The molecule has 0 aliphatic carbocycles. The number of rotatable bonds is 5. The average molecular weight is 327 g/mol. The van der Waals surface area contributed by atoms with Crippen molar-refractivity contribution in [3.63, 3.8) is 0 Å². The summed E-state index contributed by atoms with van der Waals surface area (Å²) < 4.78 is 24.2. The number of aliphatic carboxylic acids is 1. The SMILES string of the molecule is CC(CS(=O)(=O)Cc1ccc(Br)s1)C(=O)O. The molecule has 1 heterocycles. The van der Waals surface area contributed by atoms with Crippen molar-refractivity contribution in [1.29, 1.82) is 0 Å². The molecule has 0 amide bonds. The normalized spacial score (nSPS) is 13.6. The number of carboxylic acids is 1. The van der Waals surface area contributed by atoms with E-state index in [9.17, 15) is 13.2 Å². The van der Waals surface area contributed by atoms with Gasteiger partial charge in [0, 0.05) is 4.88 Å². The van der Waals surface area contributed by atoms with Gasteiger partial charge >= 0.3 is 5.97 Å². The van der Waals surface area contributed by atoms with E-state index >= 15 is 0 Å². The van der Waals surface area contributed by atoms with E-state index in [2.05, 4.69) is 15.9 Å². The number of hydrogen-bond donors (Lipinski definition) is 1. The van der Waals surface area contributed by atoms with E-state index < -0.39 is 21.7 Å². The van der Waals surface area contributed by atoms with Gasteiger partial charge in [0.25, 0.3) is 0 Å². The standard InChI is InChI=1S/C9H11BrO4S2/c1-6(9(11)12)4-16(13,14)5-7-2-3-8(10)15-7/h2-3,6H,4-5H2,1H3,(H,11,12). The molecule has 0 saturated heterocycles. The topological polar surface area (TPSA) is 71.4 Å². The van der Waals surface area contributed by atoms with Crippen molar-refractivity contribution in [1.82, 2.24) is 0 Å². The summed E-state index contributed by atoms with van der Waals surface area (Å²) in [5.74, 6) is -2.37. The molecule has 0 spiro atoms. The predicted molar refractivity (Wildman–Crippen MR) is 66.3 cm³/mol. The van der Waals surface area contributed by atoms with Gasteiger partial charge in [-0.15, -0.1) is 11.3 Å². The van der Waals surface area contributed by atoms with Crippen molar-refractivity contribution in [2.75, 3.05) is 5.75 Å². The summed E-state index contributed by atoms with van der Waals surface area (Å²) in [5, 5.41) is 8.65. The quantitative estimate of drug-likeness (QED) is 0.899. The van der Waals surface area contributed by atoms with Crippen LogP contribution >= 0.6 is 27.3 Å². The van der Waals surface area contributed by atoms with E-state index in [1.165, 1.54) is 18.3 Å². The highest BCUT2D eigenvalue weighted by Gasteiger charge is 2.21. The monoisotopic (exact) mass is 326 g/mol. The van der Waals surface area contributed by atoms with Crippen LogP contribution in [0, 0.1) is 5.92 Å². The first kappa shape index (κ1) is 13.7. The second-order valence-electron chi connectivity index (χ2n) is 3.50. The lowest BCUT2D eigenvalue weighted by atomic mass is 10.2. The molecule has 1 unspecified atom stereocenters. The molecule has 0 aromatic carbocycles. The fraction of sp³-hybridized carbons (Fsp3) is 0.444. The Morgan fingerprint density at radius 1 is 1.56 bits per heavy atom. The second-order valence-corrected chi connectivity index (χ2v) is 8.16. The van der Waals surface area contributed by atoms with Gasteiger partial charge < -0.3 is 5.11 Å². The Morgan fingerprint density at radius 3 is 2.62 bits per heavy atom. The van der Waals surface area contributed by atoms with E-state index in [0.29, 0.717) is 4.88 Å². The Bertz CT molecular complexity index is 477. The van der Waals surface area contributed by atoms with Gasteiger partial charge in [-0.05, 0) is 28.1 Å². The maximum atomic E-state index is 11.7. The molecule has 0 aliphatic heterocycles. The largest absolute Gasteiger partial charge is 0.481 e. The van der Waals surface area contributed by atoms with Crippen LogP contribution in [-0.2, 0) is 20.4 Å². The molecule has 0 bridgehead atoms. The minimum atomic E-state index is -3.36. The van der Waals surface area contributed by atoms with Crippen LogP contribution in [0.15, 0.2) is 15.9 Å². The van der Waals surface area contributed by atoms with E-state index in [0.717, 1.165) is 3.79 Å². The fourth-order valence-electron chi connectivity index (χ4n) is 1.16. The van der Waals surface area contributed by atoms with Crippen LogP contribution in [0.2, 0.25) is 0 Å². The number of halogens is 1. The highest BCUT2D eigenvalue weighted by Crippen LogP contribution is 2.24. The van der Waals surface area contributed by atoms with Crippen LogP contribution in [0.3, 0.4) is 0 Å². The Kier molecular flexibility index (Phi) is 4.52. The fourth-order valence-corrected chi connectivity index (χ4v) is 4.76. The summed E-state index contributed by atoms with van der Waals surface area (Å²) in [7, 11) is -3.36. The zero-order valence-corrected chi connectivity index (χ0v) is 11.7. The lowest BCUT2D eigenvalue weighted by Gasteiger charge is -2.06. The summed E-state index contributed by atoms with van der Waals surface area (Å²) in [5.41, 5.74) is 0. The van der Waals surface area contributed by atoms with Gasteiger partial charge in [-0.2, -0.15) is 0 Å². The van der Waals surface area contributed by atoms with E-state index in [1.54, 1.807) is 12.1 Å². The lowest BCUT2D eigenvalue weighted by molar-refractivity contribution is -0.140. The van der Waals surface area contributed by atoms with E-state index in [1.807, 2.05) is 0 Å². The minimum absolute atomic E-state index is 0.0963. The number of sulfone groups is 1. The van der Waals surface area contributed by atoms with Gasteiger partial charge in [0.15, 0.2) is 9.84 Å². The predicted octanol–water partition coefficient (Wildman–Crippen LogP) is 2.15. The molecule has 7 heteroatoms. The van der Waals surface area contributed by atoms with Crippen LogP contribution in [0.1, 0.15) is 11.8 Å². The smallest absolute Gasteiger partial charge is 0.307 e. The highest BCUT2D eigenvalue weighted by atomic mass is 79.9. The molecule has 4 nitrogen and oxygen atoms in total. The maximum absolute atomic E-state index is 11.7. The van der Waals surface area contributed by atoms with Gasteiger partial charge in [0.05, 0.1) is 21.2 Å². The first-order valence-electron chi connectivity index (χ1n) is 4.47. The molecule has 0 saturated carbocycles. The molecule has 1 N–H and O–H groups in total. The molecular formula is C9H11BrO4S2. The third-order valence-corrected chi connectivity index (χ3v) is 5.48. The first-order valence-corrected chi connectivity index (χ1v) is 7.91. The number of hydrogen-bond acceptors (Lipinski definition) is 4.